The van der Waals surface area contributed by atoms with Crippen LogP contribution in [-0.2, 0) is 4.79 Å². The molecule has 0 aliphatic rings. The van der Waals surface area contributed by atoms with Gasteiger partial charge in [-0.05, 0) is 37.6 Å². The molecule has 3 aromatic rings. The fourth-order valence-corrected chi connectivity index (χ4v) is 3.43. The van der Waals surface area contributed by atoms with E-state index in [1.807, 2.05) is 73.0 Å². The molecule has 1 amide bonds. The zero-order valence-electron chi connectivity index (χ0n) is 14.3. The van der Waals surface area contributed by atoms with E-state index in [1.165, 1.54) is 11.8 Å². The lowest BCUT2D eigenvalue weighted by atomic mass is 10.2. The smallest absolute Gasteiger partial charge is 0.237 e. The molecule has 0 radical (unpaired) electrons. The van der Waals surface area contributed by atoms with Crippen molar-refractivity contribution in [3.05, 3.63) is 66.5 Å². The summed E-state index contributed by atoms with van der Waals surface area (Å²) in [7, 11) is 0. The quantitative estimate of drug-likeness (QED) is 0.635. The molecule has 128 valence electrons. The van der Waals surface area contributed by atoms with Crippen molar-refractivity contribution in [1.82, 2.24) is 14.8 Å². The molecule has 0 N–H and O–H groups in total. The van der Waals surface area contributed by atoms with E-state index in [-0.39, 0.29) is 5.91 Å². The van der Waals surface area contributed by atoms with E-state index >= 15 is 0 Å². The van der Waals surface area contributed by atoms with E-state index in [2.05, 4.69) is 10.2 Å². The average Bonchev–Trinajstić information content (AvgIpc) is 3.10. The maximum atomic E-state index is 12.6. The molecular formula is C19H20N4OS. The van der Waals surface area contributed by atoms with Crippen LogP contribution in [0.2, 0.25) is 0 Å². The first-order valence-electron chi connectivity index (χ1n) is 8.15. The van der Waals surface area contributed by atoms with Crippen LogP contribution < -0.4 is 4.90 Å². The number of carbonyl (C=O) groups excluding carboxylic acids is 1. The lowest BCUT2D eigenvalue weighted by Gasteiger charge is -2.20. The minimum absolute atomic E-state index is 0.0537. The molecular weight excluding hydrogens is 332 g/mol. The van der Waals surface area contributed by atoms with Gasteiger partial charge >= 0.3 is 0 Å². The molecule has 0 fully saturated rings. The Labute approximate surface area is 151 Å². The number of nitrogens with zero attached hydrogens (tertiary/aromatic N) is 4. The molecule has 25 heavy (non-hydrogen) atoms. The van der Waals surface area contributed by atoms with Crippen molar-refractivity contribution in [1.29, 1.82) is 0 Å². The Morgan fingerprint density at radius 1 is 1.12 bits per heavy atom. The molecule has 0 saturated carbocycles. The molecule has 0 spiro atoms. The summed E-state index contributed by atoms with van der Waals surface area (Å²) < 4.78 is 1.92. The third-order valence-corrected chi connectivity index (χ3v) is 4.83. The first-order chi connectivity index (χ1) is 12.2. The third-order valence-electron chi connectivity index (χ3n) is 3.90. The van der Waals surface area contributed by atoms with Crippen molar-refractivity contribution in [2.45, 2.75) is 19.0 Å². The van der Waals surface area contributed by atoms with Crippen molar-refractivity contribution >= 4 is 23.4 Å². The second-order valence-electron chi connectivity index (χ2n) is 5.53. The second kappa shape index (κ2) is 7.98. The van der Waals surface area contributed by atoms with Crippen molar-refractivity contribution in [2.75, 3.05) is 17.2 Å². The zero-order valence-corrected chi connectivity index (χ0v) is 15.1. The molecule has 6 heteroatoms. The summed E-state index contributed by atoms with van der Waals surface area (Å²) in [6.45, 7) is 4.66. The predicted molar refractivity (Wildman–Crippen MR) is 101 cm³/mol. The Morgan fingerprint density at radius 3 is 2.56 bits per heavy atom. The van der Waals surface area contributed by atoms with Gasteiger partial charge in [0.25, 0.3) is 0 Å². The highest BCUT2D eigenvalue weighted by Gasteiger charge is 2.16. The average molecular weight is 352 g/mol. The lowest BCUT2D eigenvalue weighted by molar-refractivity contribution is -0.116. The van der Waals surface area contributed by atoms with E-state index in [0.29, 0.717) is 17.5 Å². The van der Waals surface area contributed by atoms with E-state index < -0.39 is 0 Å². The molecule has 0 bridgehead atoms. The molecule has 3 rings (SSSR count). The van der Waals surface area contributed by atoms with E-state index in [9.17, 15) is 4.79 Å². The van der Waals surface area contributed by atoms with Crippen LogP contribution in [0.1, 0.15) is 12.5 Å². The van der Waals surface area contributed by atoms with Crippen molar-refractivity contribution < 1.29 is 4.79 Å². The Kier molecular flexibility index (Phi) is 5.50. The normalized spacial score (nSPS) is 10.6. The van der Waals surface area contributed by atoms with Gasteiger partial charge in [0.15, 0.2) is 5.16 Å². The van der Waals surface area contributed by atoms with Gasteiger partial charge < -0.3 is 4.90 Å². The number of para-hydroxylation sites is 2. The maximum Gasteiger partial charge on any atom is 0.237 e. The van der Waals surface area contributed by atoms with Gasteiger partial charge in [-0.15, -0.1) is 10.2 Å². The highest BCUT2D eigenvalue weighted by molar-refractivity contribution is 7.99. The van der Waals surface area contributed by atoms with Crippen LogP contribution in [0.4, 0.5) is 5.69 Å². The summed E-state index contributed by atoms with van der Waals surface area (Å²) in [5, 5.41) is 8.89. The van der Waals surface area contributed by atoms with Crippen LogP contribution in [0.3, 0.4) is 0 Å². The molecule has 0 aliphatic carbocycles. The van der Waals surface area contributed by atoms with Crippen LogP contribution in [0.5, 0.6) is 0 Å². The largest absolute Gasteiger partial charge is 0.312 e. The molecule has 0 atom stereocenters. The van der Waals surface area contributed by atoms with Crippen LogP contribution in [0.15, 0.2) is 66.1 Å². The number of benzene rings is 2. The lowest BCUT2D eigenvalue weighted by Crippen LogP contribution is -2.32. The van der Waals surface area contributed by atoms with Gasteiger partial charge in [0, 0.05) is 12.2 Å². The van der Waals surface area contributed by atoms with Crippen molar-refractivity contribution in [2.24, 2.45) is 0 Å². The number of thioether (sulfide) groups is 1. The molecule has 0 saturated heterocycles. The number of hydrogen-bond donors (Lipinski definition) is 0. The molecule has 5 nitrogen and oxygen atoms in total. The fourth-order valence-electron chi connectivity index (χ4n) is 2.64. The summed E-state index contributed by atoms with van der Waals surface area (Å²) in [5.74, 6) is 0.367. The fraction of sp³-hybridized carbons (Fsp3) is 0.211. The SMILES string of the molecule is CCN(C(=O)CSc1nncn1-c1ccccc1C)c1ccccc1. The van der Waals surface area contributed by atoms with Crippen LogP contribution in [0.25, 0.3) is 5.69 Å². The van der Waals surface area contributed by atoms with Gasteiger partial charge in [-0.2, -0.15) is 0 Å². The van der Waals surface area contributed by atoms with Crippen molar-refractivity contribution in [3.63, 3.8) is 0 Å². The monoisotopic (exact) mass is 352 g/mol. The van der Waals surface area contributed by atoms with E-state index in [1.54, 1.807) is 11.2 Å². The summed E-state index contributed by atoms with van der Waals surface area (Å²) in [6.07, 6.45) is 1.68. The number of aromatic nitrogens is 3. The Hall–Kier alpha value is -2.60. The maximum absolute atomic E-state index is 12.6. The standard InChI is InChI=1S/C19H20N4OS/c1-3-22(16-10-5-4-6-11-16)18(24)13-25-19-21-20-14-23(19)17-12-8-7-9-15(17)2/h4-12,14H,3,13H2,1-2H3. The van der Waals surface area contributed by atoms with Gasteiger partial charge in [-0.1, -0.05) is 48.2 Å². The van der Waals surface area contributed by atoms with Gasteiger partial charge in [0.1, 0.15) is 6.33 Å². The zero-order chi connectivity index (χ0) is 17.6. The molecule has 0 aliphatic heterocycles. The first kappa shape index (κ1) is 17.2. The van der Waals surface area contributed by atoms with Crippen molar-refractivity contribution in [3.8, 4) is 5.69 Å². The summed E-state index contributed by atoms with van der Waals surface area (Å²) >= 11 is 1.40. The van der Waals surface area contributed by atoms with Crippen LogP contribution in [-0.4, -0.2) is 33.0 Å². The molecule has 1 aromatic heterocycles. The van der Waals surface area contributed by atoms with Crippen LogP contribution in [0, 0.1) is 6.92 Å². The predicted octanol–water partition coefficient (Wildman–Crippen LogP) is 3.72. The highest BCUT2D eigenvalue weighted by Crippen LogP contribution is 2.23. The summed E-state index contributed by atoms with van der Waals surface area (Å²) in [4.78, 5) is 14.4. The summed E-state index contributed by atoms with van der Waals surface area (Å²) in [5.41, 5.74) is 3.07. The number of carbonyl (C=O) groups is 1. The number of amides is 1. The second-order valence-corrected chi connectivity index (χ2v) is 6.47. The Balaban J connectivity index is 1.73. The number of aryl methyl sites for hydroxylation is 1. The minimum atomic E-state index is 0.0537. The van der Waals surface area contributed by atoms with Crippen LogP contribution >= 0.6 is 11.8 Å². The highest BCUT2D eigenvalue weighted by atomic mass is 32.2. The van der Waals surface area contributed by atoms with Gasteiger partial charge in [0.05, 0.1) is 11.4 Å². The molecule has 2 aromatic carbocycles. The number of anilines is 1. The summed E-state index contributed by atoms with van der Waals surface area (Å²) in [6, 6.07) is 17.8. The molecule has 0 unspecified atom stereocenters. The Morgan fingerprint density at radius 2 is 1.84 bits per heavy atom. The number of hydrogen-bond acceptors (Lipinski definition) is 4. The van der Waals surface area contributed by atoms with Gasteiger partial charge in [-0.3, -0.25) is 9.36 Å². The van der Waals surface area contributed by atoms with Gasteiger partial charge in [-0.25, -0.2) is 0 Å². The van der Waals surface area contributed by atoms with E-state index in [0.717, 1.165) is 16.9 Å². The Bertz CT molecular complexity index is 847. The topological polar surface area (TPSA) is 51.0 Å². The van der Waals surface area contributed by atoms with E-state index in [4.69, 9.17) is 0 Å². The van der Waals surface area contributed by atoms with Gasteiger partial charge in [0.2, 0.25) is 5.91 Å². The number of rotatable bonds is 6. The molecule has 1 heterocycles. The first-order valence-corrected chi connectivity index (χ1v) is 9.13. The third kappa shape index (κ3) is 3.91. The minimum Gasteiger partial charge on any atom is -0.312 e.